The van der Waals surface area contributed by atoms with Crippen LogP contribution in [0.5, 0.6) is 0 Å². The third-order valence-electron chi connectivity index (χ3n) is 13.7. The van der Waals surface area contributed by atoms with Crippen LogP contribution in [0.1, 0.15) is 297 Å². The van der Waals surface area contributed by atoms with Gasteiger partial charge in [0.15, 0.2) is 6.10 Å². The minimum absolute atomic E-state index is 0.0896. The van der Waals surface area contributed by atoms with Crippen LogP contribution in [0.3, 0.4) is 0 Å². The molecule has 0 aromatic heterocycles. The largest absolute Gasteiger partial charge is 0.462 e. The molecule has 6 heteroatoms. The van der Waals surface area contributed by atoms with E-state index in [1.54, 1.807) is 0 Å². The zero-order valence-electron chi connectivity index (χ0n) is 50.9. The quantitative estimate of drug-likeness (QED) is 0.0261. The van der Waals surface area contributed by atoms with Crippen LogP contribution in [0, 0.1) is 0 Å². The highest BCUT2D eigenvalue weighted by molar-refractivity contribution is 5.71. The van der Waals surface area contributed by atoms with Crippen LogP contribution in [-0.2, 0) is 28.6 Å². The van der Waals surface area contributed by atoms with E-state index in [-0.39, 0.29) is 31.1 Å². The van der Waals surface area contributed by atoms with Crippen molar-refractivity contribution in [3.8, 4) is 0 Å². The highest BCUT2D eigenvalue weighted by Crippen LogP contribution is 2.16. The maximum absolute atomic E-state index is 12.9. The first kappa shape index (κ1) is 73.8. The molecule has 444 valence electrons. The predicted octanol–water partition coefficient (Wildman–Crippen LogP) is 22.4. The summed E-state index contributed by atoms with van der Waals surface area (Å²) < 4.78 is 16.9. The molecule has 0 fully saturated rings. The maximum Gasteiger partial charge on any atom is 0.306 e. The Balaban J connectivity index is 4.35. The van der Waals surface area contributed by atoms with Crippen molar-refractivity contribution in [2.45, 2.75) is 303 Å². The van der Waals surface area contributed by atoms with Gasteiger partial charge in [-0.1, -0.05) is 290 Å². The standard InChI is InChI=1S/C72H120O6/c1-4-7-10-13-16-19-22-25-28-30-31-32-33-34-35-36-37-38-39-40-41-42-45-47-50-53-56-59-62-65-71(74)77-68-69(67-76-70(73)64-61-58-55-52-49-46-43-27-24-21-18-15-12-9-6-3)78-72(75)66-63-60-57-54-51-48-44-29-26-23-20-17-14-11-8-5-2/h7,9-10,12,16,18-19,21,25,27-28,31-32,34-35,37-38,40-41,43,69H,4-6,8,11,13-15,17,20,22-24,26,29-30,33,36,39,42,44-68H2,1-3H3/b10-7-,12-9-,19-16-,21-18-,28-25-,32-31-,35-34-,38-37-,41-40-,43-27-. The first-order valence-electron chi connectivity index (χ1n) is 32.5. The fourth-order valence-corrected chi connectivity index (χ4v) is 8.91. The van der Waals surface area contributed by atoms with E-state index in [9.17, 15) is 14.4 Å². The van der Waals surface area contributed by atoms with Gasteiger partial charge in [-0.05, 0) is 109 Å². The summed E-state index contributed by atoms with van der Waals surface area (Å²) in [7, 11) is 0. The Morgan fingerprint density at radius 1 is 0.269 bits per heavy atom. The monoisotopic (exact) mass is 1080 g/mol. The second kappa shape index (κ2) is 65.3. The number of esters is 3. The molecule has 0 aliphatic carbocycles. The van der Waals surface area contributed by atoms with Gasteiger partial charge in [0.2, 0.25) is 0 Å². The van der Waals surface area contributed by atoms with Crippen molar-refractivity contribution in [3.63, 3.8) is 0 Å². The first-order chi connectivity index (χ1) is 38.5. The van der Waals surface area contributed by atoms with Crippen LogP contribution >= 0.6 is 0 Å². The van der Waals surface area contributed by atoms with E-state index in [1.807, 2.05) is 0 Å². The van der Waals surface area contributed by atoms with E-state index in [0.717, 1.165) is 148 Å². The molecule has 1 unspecified atom stereocenters. The molecule has 0 heterocycles. The molecule has 0 aromatic carbocycles. The molecule has 0 aromatic rings. The molecule has 0 saturated carbocycles. The van der Waals surface area contributed by atoms with E-state index in [4.69, 9.17) is 14.2 Å². The number of hydrogen-bond donors (Lipinski definition) is 0. The van der Waals surface area contributed by atoms with Gasteiger partial charge >= 0.3 is 17.9 Å². The fraction of sp³-hybridized carbons (Fsp3) is 0.681. The third-order valence-corrected chi connectivity index (χ3v) is 13.7. The summed E-state index contributed by atoms with van der Waals surface area (Å²) in [5, 5.41) is 0. The Morgan fingerprint density at radius 3 is 0.782 bits per heavy atom. The molecule has 0 spiro atoms. The molecule has 1 atom stereocenters. The lowest BCUT2D eigenvalue weighted by Crippen LogP contribution is -2.30. The molecule has 0 N–H and O–H groups in total. The summed E-state index contributed by atoms with van der Waals surface area (Å²) in [4.78, 5) is 38.3. The van der Waals surface area contributed by atoms with Crippen LogP contribution in [0.4, 0.5) is 0 Å². The number of allylic oxidation sites excluding steroid dienone is 20. The van der Waals surface area contributed by atoms with Gasteiger partial charge in [-0.3, -0.25) is 14.4 Å². The number of unbranched alkanes of at least 4 members (excludes halogenated alkanes) is 27. The van der Waals surface area contributed by atoms with Gasteiger partial charge in [0.05, 0.1) is 0 Å². The Morgan fingerprint density at radius 2 is 0.500 bits per heavy atom. The summed E-state index contributed by atoms with van der Waals surface area (Å²) in [5.41, 5.74) is 0. The Bertz CT molecular complexity index is 1620. The van der Waals surface area contributed by atoms with Gasteiger partial charge in [0.25, 0.3) is 0 Å². The van der Waals surface area contributed by atoms with Gasteiger partial charge in [-0.15, -0.1) is 0 Å². The molecule has 0 saturated heterocycles. The molecule has 0 aliphatic heterocycles. The zero-order valence-corrected chi connectivity index (χ0v) is 50.9. The number of hydrogen-bond acceptors (Lipinski definition) is 6. The molecule has 0 rings (SSSR count). The van der Waals surface area contributed by atoms with E-state index in [0.29, 0.717) is 19.3 Å². The predicted molar refractivity (Wildman–Crippen MR) is 339 cm³/mol. The zero-order chi connectivity index (χ0) is 56.4. The van der Waals surface area contributed by atoms with Crippen LogP contribution in [0.15, 0.2) is 122 Å². The lowest BCUT2D eigenvalue weighted by molar-refractivity contribution is -0.167. The third kappa shape index (κ3) is 62.7. The number of ether oxygens (including phenoxy) is 3. The van der Waals surface area contributed by atoms with Crippen molar-refractivity contribution in [1.82, 2.24) is 0 Å². The fourth-order valence-electron chi connectivity index (χ4n) is 8.91. The van der Waals surface area contributed by atoms with Gasteiger partial charge in [-0.2, -0.15) is 0 Å². The molecule has 0 aliphatic rings. The normalized spacial score (nSPS) is 12.9. The average Bonchev–Trinajstić information content (AvgIpc) is 3.44. The SMILES string of the molecule is CC/C=C\C/C=C\C/C=C\C/C=C\C/C=C\C/C=C\C/C=C\CCCCCCCCCC(=O)OCC(COC(=O)CCCCCCC/C=C\C/C=C\C/C=C\CC)OC(=O)CCCCCCCCCCCCCCCCCC. The molecular weight excluding hydrogens is 961 g/mol. The minimum Gasteiger partial charge on any atom is -0.462 e. The smallest absolute Gasteiger partial charge is 0.306 e. The van der Waals surface area contributed by atoms with Crippen molar-refractivity contribution in [2.75, 3.05) is 13.2 Å². The van der Waals surface area contributed by atoms with Crippen LogP contribution in [0.25, 0.3) is 0 Å². The topological polar surface area (TPSA) is 78.9 Å². The van der Waals surface area contributed by atoms with Crippen LogP contribution < -0.4 is 0 Å². The summed E-state index contributed by atoms with van der Waals surface area (Å²) in [6.07, 6.45) is 90.6. The van der Waals surface area contributed by atoms with E-state index < -0.39 is 6.10 Å². The van der Waals surface area contributed by atoms with Gasteiger partial charge in [0.1, 0.15) is 13.2 Å². The molecule has 6 nitrogen and oxygen atoms in total. The van der Waals surface area contributed by atoms with Gasteiger partial charge in [0, 0.05) is 19.3 Å². The number of rotatable bonds is 58. The molecule has 0 amide bonds. The van der Waals surface area contributed by atoms with E-state index in [1.165, 1.54) is 109 Å². The number of carbonyl (C=O) groups excluding carboxylic acids is 3. The van der Waals surface area contributed by atoms with Crippen molar-refractivity contribution in [3.05, 3.63) is 122 Å². The summed E-state index contributed by atoms with van der Waals surface area (Å²) >= 11 is 0. The van der Waals surface area contributed by atoms with E-state index in [2.05, 4.69) is 142 Å². The van der Waals surface area contributed by atoms with Crippen LogP contribution in [0.2, 0.25) is 0 Å². The summed E-state index contributed by atoms with van der Waals surface area (Å²) in [5.74, 6) is -0.908. The maximum atomic E-state index is 12.9. The van der Waals surface area contributed by atoms with Crippen molar-refractivity contribution < 1.29 is 28.6 Å². The van der Waals surface area contributed by atoms with E-state index >= 15 is 0 Å². The van der Waals surface area contributed by atoms with Crippen molar-refractivity contribution in [1.29, 1.82) is 0 Å². The Kier molecular flexibility index (Phi) is 61.8. The molecule has 0 bridgehead atoms. The first-order valence-corrected chi connectivity index (χ1v) is 32.5. The summed E-state index contributed by atoms with van der Waals surface area (Å²) in [6.45, 7) is 6.41. The highest BCUT2D eigenvalue weighted by atomic mass is 16.6. The molecule has 78 heavy (non-hydrogen) atoms. The van der Waals surface area contributed by atoms with Gasteiger partial charge in [-0.25, -0.2) is 0 Å². The molecular formula is C72H120O6. The lowest BCUT2D eigenvalue weighted by atomic mass is 10.0. The second-order valence-corrected chi connectivity index (χ2v) is 21.3. The summed E-state index contributed by atoms with van der Waals surface area (Å²) in [6, 6.07) is 0. The average molecular weight is 1080 g/mol. The van der Waals surface area contributed by atoms with Crippen molar-refractivity contribution in [2.24, 2.45) is 0 Å². The molecule has 0 radical (unpaired) electrons. The van der Waals surface area contributed by atoms with Gasteiger partial charge < -0.3 is 14.2 Å². The Hall–Kier alpha value is -4.19. The second-order valence-electron chi connectivity index (χ2n) is 21.3. The Labute approximate surface area is 482 Å². The highest BCUT2D eigenvalue weighted by Gasteiger charge is 2.19. The minimum atomic E-state index is -0.792. The number of carbonyl (C=O) groups is 3. The van der Waals surface area contributed by atoms with Crippen LogP contribution in [-0.4, -0.2) is 37.2 Å². The van der Waals surface area contributed by atoms with Crippen molar-refractivity contribution >= 4 is 17.9 Å². The lowest BCUT2D eigenvalue weighted by Gasteiger charge is -2.18.